The van der Waals surface area contributed by atoms with Crippen molar-refractivity contribution < 1.29 is 23.1 Å². The molecule has 0 aromatic heterocycles. The summed E-state index contributed by atoms with van der Waals surface area (Å²) in [6.45, 7) is 1.53. The van der Waals surface area contributed by atoms with Gasteiger partial charge >= 0.3 is 5.97 Å². The number of carbonyl (C=O) groups is 2. The van der Waals surface area contributed by atoms with Crippen molar-refractivity contribution >= 4 is 35.0 Å². The molecule has 1 atom stereocenters. The number of nitrogens with one attached hydrogen (secondary N) is 2. The van der Waals surface area contributed by atoms with Gasteiger partial charge in [-0.15, -0.1) is 0 Å². The fourth-order valence-electron chi connectivity index (χ4n) is 2.47. The Morgan fingerprint density at radius 3 is 2.43 bits per heavy atom. The third-order valence-electron chi connectivity index (χ3n) is 4.08. The van der Waals surface area contributed by atoms with Gasteiger partial charge in [0.05, 0.1) is 11.3 Å². The number of hydrogen-bond donors (Lipinski definition) is 2. The van der Waals surface area contributed by atoms with Crippen LogP contribution in [0.2, 0.25) is 0 Å². The van der Waals surface area contributed by atoms with Crippen molar-refractivity contribution in [2.45, 2.75) is 42.6 Å². The van der Waals surface area contributed by atoms with Gasteiger partial charge in [0.25, 0.3) is 11.7 Å². The number of halogens is 2. The summed E-state index contributed by atoms with van der Waals surface area (Å²) in [5, 5.41) is 5.88. The summed E-state index contributed by atoms with van der Waals surface area (Å²) in [7, 11) is 0. The normalized spacial score (nSPS) is 14.4. The van der Waals surface area contributed by atoms with Crippen molar-refractivity contribution in [2.24, 2.45) is 0 Å². The second-order valence-electron chi connectivity index (χ2n) is 6.40. The molecule has 28 heavy (non-hydrogen) atoms. The first-order valence-electron chi connectivity index (χ1n) is 8.84. The first-order valence-corrected chi connectivity index (χ1v) is 9.72. The van der Waals surface area contributed by atoms with E-state index in [1.165, 1.54) is 6.92 Å². The minimum Gasteiger partial charge on any atom is -0.449 e. The maximum atomic E-state index is 12.5. The zero-order valence-electron chi connectivity index (χ0n) is 15.2. The van der Waals surface area contributed by atoms with E-state index in [1.54, 1.807) is 48.5 Å². The summed E-state index contributed by atoms with van der Waals surface area (Å²) in [6, 6.07) is 13.4. The van der Waals surface area contributed by atoms with Crippen LogP contribution in [0.25, 0.3) is 0 Å². The molecule has 2 aromatic rings. The fourth-order valence-corrected chi connectivity index (χ4v) is 2.97. The number of carbonyl (C=O) groups excluding carboxylic acids is 2. The predicted octanol–water partition coefficient (Wildman–Crippen LogP) is 4.57. The molecule has 0 spiro atoms. The van der Waals surface area contributed by atoms with Crippen LogP contribution in [0, 0.1) is 0 Å². The number of para-hydroxylation sites is 1. The van der Waals surface area contributed by atoms with Gasteiger partial charge in [-0.25, -0.2) is 4.79 Å². The van der Waals surface area contributed by atoms with Gasteiger partial charge in [0.1, 0.15) is 0 Å². The van der Waals surface area contributed by atoms with Crippen LogP contribution in [0.3, 0.4) is 0 Å². The number of alkyl halides is 2. The Bertz CT molecular complexity index is 842. The molecule has 0 unspecified atom stereocenters. The summed E-state index contributed by atoms with van der Waals surface area (Å²) in [6.07, 6.45) is 1.01. The maximum Gasteiger partial charge on any atom is 0.341 e. The Labute approximate surface area is 165 Å². The largest absolute Gasteiger partial charge is 0.449 e. The SMILES string of the molecule is C[C@@H](OC(=O)c1ccccc1Nc1ccc(SC(F)F)cc1)C(=O)NC1CC1. The Hall–Kier alpha value is -2.61. The lowest BCUT2D eigenvalue weighted by Gasteiger charge is -2.16. The molecule has 0 aliphatic heterocycles. The Kier molecular flexibility index (Phi) is 6.51. The van der Waals surface area contributed by atoms with Gasteiger partial charge in [-0.2, -0.15) is 8.78 Å². The van der Waals surface area contributed by atoms with Crippen molar-refractivity contribution in [1.29, 1.82) is 0 Å². The first kappa shape index (κ1) is 20.1. The van der Waals surface area contributed by atoms with E-state index in [0.717, 1.165) is 12.8 Å². The molecule has 5 nitrogen and oxygen atoms in total. The van der Waals surface area contributed by atoms with Gasteiger partial charge in [-0.05, 0) is 56.2 Å². The lowest BCUT2D eigenvalue weighted by molar-refractivity contribution is -0.129. The van der Waals surface area contributed by atoms with E-state index < -0.39 is 17.8 Å². The molecule has 8 heteroatoms. The highest BCUT2D eigenvalue weighted by Crippen LogP contribution is 2.28. The van der Waals surface area contributed by atoms with Crippen molar-refractivity contribution in [3.05, 3.63) is 54.1 Å². The number of ether oxygens (including phenoxy) is 1. The number of rotatable bonds is 8. The highest BCUT2D eigenvalue weighted by molar-refractivity contribution is 7.99. The van der Waals surface area contributed by atoms with E-state index in [9.17, 15) is 18.4 Å². The average Bonchev–Trinajstić information content (AvgIpc) is 3.47. The molecule has 2 N–H and O–H groups in total. The van der Waals surface area contributed by atoms with E-state index in [0.29, 0.717) is 28.0 Å². The molecule has 1 saturated carbocycles. The smallest absolute Gasteiger partial charge is 0.341 e. The van der Waals surface area contributed by atoms with Gasteiger partial charge < -0.3 is 15.4 Å². The van der Waals surface area contributed by atoms with Gasteiger partial charge in [0.2, 0.25) is 0 Å². The van der Waals surface area contributed by atoms with Crippen LogP contribution >= 0.6 is 11.8 Å². The zero-order chi connectivity index (χ0) is 20.1. The number of esters is 1. The van der Waals surface area contributed by atoms with Crippen LogP contribution in [0.5, 0.6) is 0 Å². The van der Waals surface area contributed by atoms with Gasteiger partial charge in [-0.1, -0.05) is 23.9 Å². The molecule has 0 saturated heterocycles. The van der Waals surface area contributed by atoms with Crippen molar-refractivity contribution in [2.75, 3.05) is 5.32 Å². The van der Waals surface area contributed by atoms with E-state index in [-0.39, 0.29) is 17.5 Å². The topological polar surface area (TPSA) is 67.4 Å². The van der Waals surface area contributed by atoms with Crippen LogP contribution in [0.15, 0.2) is 53.4 Å². The number of thioether (sulfide) groups is 1. The summed E-state index contributed by atoms with van der Waals surface area (Å²) in [4.78, 5) is 25.0. The van der Waals surface area contributed by atoms with E-state index >= 15 is 0 Å². The quantitative estimate of drug-likeness (QED) is 0.497. The Balaban J connectivity index is 1.66. The molecule has 148 valence electrons. The molecule has 1 aliphatic rings. The summed E-state index contributed by atoms with van der Waals surface area (Å²) in [5.41, 5.74) is 1.41. The number of amides is 1. The van der Waals surface area contributed by atoms with Crippen LogP contribution in [0.1, 0.15) is 30.1 Å². The zero-order valence-corrected chi connectivity index (χ0v) is 16.0. The first-order chi connectivity index (χ1) is 13.4. The second kappa shape index (κ2) is 9.05. The van der Waals surface area contributed by atoms with E-state index in [4.69, 9.17) is 4.74 Å². The number of hydrogen-bond acceptors (Lipinski definition) is 5. The lowest BCUT2D eigenvalue weighted by Crippen LogP contribution is -2.37. The van der Waals surface area contributed by atoms with Crippen LogP contribution in [-0.4, -0.2) is 29.8 Å². The molecule has 2 aromatic carbocycles. The standard InChI is InChI=1S/C20H20F2N2O3S/c1-12(18(25)24-14-6-7-14)27-19(26)16-4-2-3-5-17(16)23-13-8-10-15(11-9-13)28-20(21)22/h2-5,8-12,14,20,23H,6-7H2,1H3,(H,24,25)/t12-/m1/s1. The van der Waals surface area contributed by atoms with Crippen LogP contribution in [0.4, 0.5) is 20.2 Å². The molecule has 0 bridgehead atoms. The predicted molar refractivity (Wildman–Crippen MR) is 104 cm³/mol. The minimum absolute atomic E-state index is 0.189. The molecule has 1 aliphatic carbocycles. The average molecular weight is 406 g/mol. The van der Waals surface area contributed by atoms with E-state index in [1.807, 2.05) is 0 Å². The van der Waals surface area contributed by atoms with Crippen molar-refractivity contribution in [3.8, 4) is 0 Å². The highest BCUT2D eigenvalue weighted by atomic mass is 32.2. The van der Waals surface area contributed by atoms with Gasteiger partial charge in [0.15, 0.2) is 6.10 Å². The van der Waals surface area contributed by atoms with Crippen molar-refractivity contribution in [1.82, 2.24) is 5.32 Å². The molecule has 3 rings (SSSR count). The highest BCUT2D eigenvalue weighted by Gasteiger charge is 2.27. The minimum atomic E-state index is -2.48. The fraction of sp³-hybridized carbons (Fsp3) is 0.300. The van der Waals surface area contributed by atoms with Crippen molar-refractivity contribution in [3.63, 3.8) is 0 Å². The molecular formula is C20H20F2N2O3S. The summed E-state index contributed by atoms with van der Waals surface area (Å²) in [5.74, 6) is -3.41. The number of anilines is 2. The molecule has 0 radical (unpaired) electrons. The Morgan fingerprint density at radius 2 is 1.79 bits per heavy atom. The van der Waals surface area contributed by atoms with Gasteiger partial charge in [-0.3, -0.25) is 4.79 Å². The summed E-state index contributed by atoms with van der Waals surface area (Å²) < 4.78 is 30.1. The third kappa shape index (κ3) is 5.69. The maximum absolute atomic E-state index is 12.5. The third-order valence-corrected chi connectivity index (χ3v) is 4.80. The molecular weight excluding hydrogens is 386 g/mol. The monoisotopic (exact) mass is 406 g/mol. The molecule has 0 heterocycles. The second-order valence-corrected chi connectivity index (χ2v) is 7.47. The van der Waals surface area contributed by atoms with Crippen LogP contribution < -0.4 is 10.6 Å². The Morgan fingerprint density at radius 1 is 1.11 bits per heavy atom. The molecule has 1 fully saturated rings. The summed E-state index contributed by atoms with van der Waals surface area (Å²) >= 11 is 0.466. The molecule has 1 amide bonds. The van der Waals surface area contributed by atoms with Gasteiger partial charge in [0, 0.05) is 16.6 Å². The lowest BCUT2D eigenvalue weighted by atomic mass is 10.1. The van der Waals surface area contributed by atoms with E-state index in [2.05, 4.69) is 10.6 Å². The van der Waals surface area contributed by atoms with Crippen LogP contribution in [-0.2, 0) is 9.53 Å². The number of benzene rings is 2.